The molecule has 22 heavy (non-hydrogen) atoms. The van der Waals surface area contributed by atoms with Crippen molar-refractivity contribution in [3.05, 3.63) is 16.1 Å². The van der Waals surface area contributed by atoms with Crippen molar-refractivity contribution < 1.29 is 9.53 Å². The molecule has 0 atom stereocenters. The number of nitrogens with zero attached hydrogens (tertiary/aromatic N) is 2. The standard InChI is InChI=1S/C15H25N3O2S.ClH/c1-4-20-14(19)12-9-21-13(17-12)11-5-7-18(8-6-11)10-15(2,3)16;/h9,11H,4-8,10,16H2,1-3H3;1H. The Labute approximate surface area is 142 Å². The van der Waals surface area contributed by atoms with Gasteiger partial charge in [0.25, 0.3) is 0 Å². The van der Waals surface area contributed by atoms with Crippen LogP contribution in [0.2, 0.25) is 0 Å². The molecule has 0 spiro atoms. The van der Waals surface area contributed by atoms with Gasteiger partial charge in [0.1, 0.15) is 0 Å². The maximum Gasteiger partial charge on any atom is 0.357 e. The third-order valence-electron chi connectivity index (χ3n) is 3.57. The molecule has 1 aromatic heterocycles. The Bertz CT molecular complexity index is 479. The molecule has 0 bridgehead atoms. The van der Waals surface area contributed by atoms with Crippen LogP contribution in [0, 0.1) is 0 Å². The summed E-state index contributed by atoms with van der Waals surface area (Å²) in [4.78, 5) is 18.5. The molecular formula is C15H26ClN3O2S. The molecule has 1 aliphatic rings. The highest BCUT2D eigenvalue weighted by molar-refractivity contribution is 7.09. The molecule has 0 amide bonds. The van der Waals surface area contributed by atoms with E-state index in [1.165, 1.54) is 0 Å². The number of piperidine rings is 1. The average molecular weight is 348 g/mol. The normalized spacial score (nSPS) is 17.1. The van der Waals surface area contributed by atoms with Crippen LogP contribution < -0.4 is 5.73 Å². The molecule has 1 aliphatic heterocycles. The number of rotatable bonds is 5. The second kappa shape index (κ2) is 8.24. The Balaban J connectivity index is 0.00000242. The molecule has 2 N–H and O–H groups in total. The van der Waals surface area contributed by atoms with Crippen molar-refractivity contribution in [3.63, 3.8) is 0 Å². The predicted molar refractivity (Wildman–Crippen MR) is 92.0 cm³/mol. The van der Waals surface area contributed by atoms with Gasteiger partial charge in [0, 0.05) is 23.4 Å². The van der Waals surface area contributed by atoms with E-state index in [1.807, 2.05) is 5.38 Å². The second-order valence-corrected chi connectivity index (χ2v) is 7.22. The number of halogens is 1. The number of nitrogens with two attached hydrogens (primary N) is 1. The SMILES string of the molecule is CCOC(=O)c1csc(C2CCN(CC(C)(C)N)CC2)n1.Cl. The quantitative estimate of drug-likeness (QED) is 0.829. The third kappa shape index (κ3) is 5.50. The maximum absolute atomic E-state index is 11.6. The van der Waals surface area contributed by atoms with E-state index < -0.39 is 0 Å². The number of carbonyl (C=O) groups excluding carboxylic acids is 1. The molecule has 7 heteroatoms. The fourth-order valence-electron chi connectivity index (χ4n) is 2.69. The predicted octanol–water partition coefficient (Wildman–Crippen LogP) is 2.66. The summed E-state index contributed by atoms with van der Waals surface area (Å²) in [5, 5.41) is 2.87. The minimum absolute atomic E-state index is 0. The lowest BCUT2D eigenvalue weighted by Gasteiger charge is -2.35. The Hall–Kier alpha value is -0.690. The van der Waals surface area contributed by atoms with Gasteiger partial charge in [-0.3, -0.25) is 0 Å². The first-order valence-corrected chi connectivity index (χ1v) is 8.41. The van der Waals surface area contributed by atoms with Crippen molar-refractivity contribution >= 4 is 29.7 Å². The molecule has 2 heterocycles. The Morgan fingerprint density at radius 2 is 2.14 bits per heavy atom. The summed E-state index contributed by atoms with van der Waals surface area (Å²) in [6.45, 7) is 9.32. The number of esters is 1. The van der Waals surface area contributed by atoms with Crippen molar-refractivity contribution in [1.82, 2.24) is 9.88 Å². The van der Waals surface area contributed by atoms with E-state index in [1.54, 1.807) is 18.3 Å². The number of hydrogen-bond donors (Lipinski definition) is 1. The van der Waals surface area contributed by atoms with E-state index in [2.05, 4.69) is 23.7 Å². The van der Waals surface area contributed by atoms with Gasteiger partial charge in [0.15, 0.2) is 5.69 Å². The first-order chi connectivity index (χ1) is 9.89. The smallest absolute Gasteiger partial charge is 0.357 e. The number of likely N-dealkylation sites (tertiary alicyclic amines) is 1. The van der Waals surface area contributed by atoms with E-state index in [0.717, 1.165) is 37.5 Å². The minimum Gasteiger partial charge on any atom is -0.461 e. The first kappa shape index (κ1) is 19.4. The minimum atomic E-state index is -0.317. The topological polar surface area (TPSA) is 68.5 Å². The van der Waals surface area contributed by atoms with E-state index in [4.69, 9.17) is 10.5 Å². The van der Waals surface area contributed by atoms with Gasteiger partial charge in [-0.25, -0.2) is 9.78 Å². The fourth-order valence-corrected chi connectivity index (χ4v) is 3.65. The summed E-state index contributed by atoms with van der Waals surface area (Å²) in [6, 6.07) is 0. The van der Waals surface area contributed by atoms with Gasteiger partial charge in [-0.2, -0.15) is 0 Å². The lowest BCUT2D eigenvalue weighted by Crippen LogP contribution is -2.47. The number of ether oxygens (including phenoxy) is 1. The van der Waals surface area contributed by atoms with Gasteiger partial charge in [-0.05, 0) is 46.7 Å². The first-order valence-electron chi connectivity index (χ1n) is 7.53. The molecule has 0 unspecified atom stereocenters. The largest absolute Gasteiger partial charge is 0.461 e. The van der Waals surface area contributed by atoms with Gasteiger partial charge in [-0.1, -0.05) is 0 Å². The van der Waals surface area contributed by atoms with Gasteiger partial charge in [-0.15, -0.1) is 23.7 Å². The van der Waals surface area contributed by atoms with Crippen molar-refractivity contribution in [2.24, 2.45) is 5.73 Å². The summed E-state index contributed by atoms with van der Waals surface area (Å²) >= 11 is 1.57. The molecule has 1 aromatic rings. The zero-order valence-corrected chi connectivity index (χ0v) is 15.1. The lowest BCUT2D eigenvalue weighted by atomic mass is 9.96. The van der Waals surface area contributed by atoms with Crippen molar-refractivity contribution in [1.29, 1.82) is 0 Å². The lowest BCUT2D eigenvalue weighted by molar-refractivity contribution is 0.0520. The highest BCUT2D eigenvalue weighted by atomic mass is 35.5. The molecule has 0 radical (unpaired) electrons. The van der Waals surface area contributed by atoms with Crippen LogP contribution in [0.4, 0.5) is 0 Å². The highest BCUT2D eigenvalue weighted by Gasteiger charge is 2.26. The van der Waals surface area contributed by atoms with Crippen molar-refractivity contribution in [3.8, 4) is 0 Å². The van der Waals surface area contributed by atoms with Gasteiger partial charge < -0.3 is 15.4 Å². The summed E-state index contributed by atoms with van der Waals surface area (Å²) < 4.78 is 4.98. The number of thiazole rings is 1. The molecule has 0 saturated carbocycles. The summed E-state index contributed by atoms with van der Waals surface area (Å²) in [6.07, 6.45) is 2.15. The molecule has 2 rings (SSSR count). The summed E-state index contributed by atoms with van der Waals surface area (Å²) in [7, 11) is 0. The zero-order chi connectivity index (χ0) is 15.5. The van der Waals surface area contributed by atoms with Crippen molar-refractivity contribution in [2.75, 3.05) is 26.2 Å². The van der Waals surface area contributed by atoms with Crippen LogP contribution in [0.25, 0.3) is 0 Å². The monoisotopic (exact) mass is 347 g/mol. The van der Waals surface area contributed by atoms with Crippen LogP contribution >= 0.6 is 23.7 Å². The van der Waals surface area contributed by atoms with E-state index in [0.29, 0.717) is 18.2 Å². The number of aromatic nitrogens is 1. The van der Waals surface area contributed by atoms with Gasteiger partial charge in [0.05, 0.1) is 11.6 Å². The van der Waals surface area contributed by atoms with Crippen LogP contribution in [0.3, 0.4) is 0 Å². The third-order valence-corrected chi connectivity index (χ3v) is 4.58. The number of carbonyl (C=O) groups is 1. The van der Waals surface area contributed by atoms with Crippen LogP contribution in [-0.2, 0) is 4.74 Å². The van der Waals surface area contributed by atoms with Crippen LogP contribution in [-0.4, -0.2) is 47.6 Å². The Morgan fingerprint density at radius 3 is 2.68 bits per heavy atom. The molecular weight excluding hydrogens is 322 g/mol. The average Bonchev–Trinajstić information content (AvgIpc) is 2.87. The zero-order valence-electron chi connectivity index (χ0n) is 13.5. The van der Waals surface area contributed by atoms with Crippen LogP contribution in [0.5, 0.6) is 0 Å². The van der Waals surface area contributed by atoms with Gasteiger partial charge in [0.2, 0.25) is 0 Å². The van der Waals surface area contributed by atoms with Crippen molar-refractivity contribution in [2.45, 2.75) is 45.1 Å². The van der Waals surface area contributed by atoms with Crippen LogP contribution in [0.1, 0.15) is 55.0 Å². The maximum atomic E-state index is 11.6. The molecule has 5 nitrogen and oxygen atoms in total. The number of hydrogen-bond acceptors (Lipinski definition) is 6. The molecule has 1 saturated heterocycles. The van der Waals surface area contributed by atoms with Gasteiger partial charge >= 0.3 is 5.97 Å². The summed E-state index contributed by atoms with van der Waals surface area (Å²) in [5.41, 5.74) is 6.37. The Kier molecular flexibility index (Phi) is 7.25. The van der Waals surface area contributed by atoms with E-state index in [9.17, 15) is 4.79 Å². The van der Waals surface area contributed by atoms with E-state index >= 15 is 0 Å². The molecule has 0 aliphatic carbocycles. The summed E-state index contributed by atoms with van der Waals surface area (Å²) in [5.74, 6) is 0.137. The highest BCUT2D eigenvalue weighted by Crippen LogP contribution is 2.30. The fraction of sp³-hybridized carbons (Fsp3) is 0.733. The second-order valence-electron chi connectivity index (χ2n) is 6.33. The van der Waals surface area contributed by atoms with Crippen LogP contribution in [0.15, 0.2) is 5.38 Å². The van der Waals surface area contributed by atoms with E-state index in [-0.39, 0.29) is 23.9 Å². The molecule has 0 aromatic carbocycles. The molecule has 126 valence electrons. The molecule has 1 fully saturated rings. The Morgan fingerprint density at radius 1 is 1.50 bits per heavy atom.